The van der Waals surface area contributed by atoms with Gasteiger partial charge in [0.1, 0.15) is 5.75 Å². The maximum atomic E-state index is 11.7. The van der Waals surface area contributed by atoms with Crippen LogP contribution in [0.25, 0.3) is 6.08 Å². The van der Waals surface area contributed by atoms with Gasteiger partial charge in [-0.2, -0.15) is 5.10 Å². The van der Waals surface area contributed by atoms with E-state index in [1.807, 2.05) is 29.6 Å². The third kappa shape index (κ3) is 6.05. The van der Waals surface area contributed by atoms with Crippen molar-refractivity contribution in [1.82, 2.24) is 10.7 Å². The zero-order valence-corrected chi connectivity index (χ0v) is 13.9. The third-order valence-corrected chi connectivity index (χ3v) is 3.70. The summed E-state index contributed by atoms with van der Waals surface area (Å²) < 4.78 is 5.06. The van der Waals surface area contributed by atoms with Gasteiger partial charge in [-0.3, -0.25) is 9.59 Å². The zero-order chi connectivity index (χ0) is 17.2. The van der Waals surface area contributed by atoms with E-state index in [0.717, 1.165) is 16.2 Å². The number of carbonyl (C=O) groups is 2. The molecule has 0 aliphatic rings. The Hall–Kier alpha value is -2.93. The second-order valence-electron chi connectivity index (χ2n) is 4.63. The van der Waals surface area contributed by atoms with E-state index in [-0.39, 0.29) is 12.5 Å². The maximum absolute atomic E-state index is 11.7. The highest BCUT2D eigenvalue weighted by atomic mass is 32.1. The van der Waals surface area contributed by atoms with Gasteiger partial charge in [0.25, 0.3) is 5.91 Å². The Kier molecular flexibility index (Phi) is 6.73. The number of hydrazone groups is 1. The molecule has 0 atom stereocenters. The van der Waals surface area contributed by atoms with Crippen molar-refractivity contribution in [2.24, 2.45) is 5.10 Å². The fraction of sp³-hybridized carbons (Fsp3) is 0.118. The summed E-state index contributed by atoms with van der Waals surface area (Å²) in [4.78, 5) is 24.1. The quantitative estimate of drug-likeness (QED) is 0.459. The number of methoxy groups -OCH3 is 1. The Morgan fingerprint density at radius 3 is 2.71 bits per heavy atom. The minimum absolute atomic E-state index is 0.145. The highest BCUT2D eigenvalue weighted by Crippen LogP contribution is 2.12. The summed E-state index contributed by atoms with van der Waals surface area (Å²) >= 11 is 1.51. The number of hydrogen-bond acceptors (Lipinski definition) is 5. The molecule has 2 N–H and O–H groups in total. The number of nitrogens with zero attached hydrogens (tertiary/aromatic N) is 1. The highest BCUT2D eigenvalue weighted by molar-refractivity contribution is 7.11. The first kappa shape index (κ1) is 17.4. The lowest BCUT2D eigenvalue weighted by Gasteiger charge is -2.01. The lowest BCUT2D eigenvalue weighted by Crippen LogP contribution is -2.33. The van der Waals surface area contributed by atoms with E-state index in [0.29, 0.717) is 0 Å². The molecule has 0 unspecified atom stereocenters. The summed E-state index contributed by atoms with van der Waals surface area (Å²) in [5.74, 6) is -0.00594. The van der Waals surface area contributed by atoms with Crippen LogP contribution in [0.1, 0.15) is 10.4 Å². The van der Waals surface area contributed by atoms with Crippen LogP contribution >= 0.6 is 11.3 Å². The van der Waals surface area contributed by atoms with Crippen LogP contribution in [0.3, 0.4) is 0 Å². The average Bonchev–Trinajstić information content (AvgIpc) is 3.12. The Morgan fingerprint density at radius 1 is 1.25 bits per heavy atom. The molecule has 1 heterocycles. The van der Waals surface area contributed by atoms with E-state index in [9.17, 15) is 9.59 Å². The van der Waals surface area contributed by atoms with Crippen molar-refractivity contribution in [3.05, 3.63) is 58.3 Å². The molecule has 124 valence electrons. The molecular formula is C17H17N3O3S. The average molecular weight is 343 g/mol. The van der Waals surface area contributed by atoms with Crippen LogP contribution in [-0.2, 0) is 9.59 Å². The molecule has 0 saturated heterocycles. The Labute approximate surface area is 143 Å². The standard InChI is InChI=1S/C17H17N3O3S/c1-23-14-7-4-13(5-8-14)6-9-16(21)18-12-17(22)20-19-11-15-3-2-10-24-15/h2-11H,12H2,1H3,(H,18,21)(H,20,22)/b9-6+,19-11+. The molecule has 0 spiro atoms. The van der Waals surface area contributed by atoms with Crippen LogP contribution in [-0.4, -0.2) is 31.7 Å². The number of nitrogens with one attached hydrogen (secondary N) is 2. The van der Waals surface area contributed by atoms with Crippen LogP contribution in [0.4, 0.5) is 0 Å². The maximum Gasteiger partial charge on any atom is 0.259 e. The first-order chi connectivity index (χ1) is 11.7. The van der Waals surface area contributed by atoms with Gasteiger partial charge in [0.15, 0.2) is 0 Å². The van der Waals surface area contributed by atoms with Crippen LogP contribution in [0.2, 0.25) is 0 Å². The lowest BCUT2D eigenvalue weighted by atomic mass is 10.2. The lowest BCUT2D eigenvalue weighted by molar-refractivity contribution is -0.123. The monoisotopic (exact) mass is 343 g/mol. The predicted octanol–water partition coefficient (Wildman–Crippen LogP) is 2.04. The third-order valence-electron chi connectivity index (χ3n) is 2.89. The molecule has 0 aliphatic heterocycles. The predicted molar refractivity (Wildman–Crippen MR) is 95.1 cm³/mol. The van der Waals surface area contributed by atoms with Gasteiger partial charge in [-0.15, -0.1) is 11.3 Å². The summed E-state index contributed by atoms with van der Waals surface area (Å²) in [6, 6.07) is 11.0. The number of amides is 2. The molecule has 2 rings (SSSR count). The molecule has 0 saturated carbocycles. The largest absolute Gasteiger partial charge is 0.497 e. The van der Waals surface area contributed by atoms with E-state index in [1.54, 1.807) is 31.5 Å². The molecule has 6 nitrogen and oxygen atoms in total. The van der Waals surface area contributed by atoms with Crippen molar-refractivity contribution in [2.75, 3.05) is 13.7 Å². The van der Waals surface area contributed by atoms with Gasteiger partial charge in [-0.1, -0.05) is 18.2 Å². The number of benzene rings is 1. The van der Waals surface area contributed by atoms with E-state index in [1.165, 1.54) is 17.4 Å². The van der Waals surface area contributed by atoms with Crippen molar-refractivity contribution >= 4 is 35.4 Å². The number of carbonyl (C=O) groups excluding carboxylic acids is 2. The molecule has 7 heteroatoms. The fourth-order valence-electron chi connectivity index (χ4n) is 1.69. The Bertz CT molecular complexity index is 722. The SMILES string of the molecule is COc1ccc(/C=C/C(=O)NCC(=O)N/N=C/c2cccs2)cc1. The van der Waals surface area contributed by atoms with Gasteiger partial charge in [-0.05, 0) is 35.2 Å². The second kappa shape index (κ2) is 9.26. The van der Waals surface area contributed by atoms with Crippen molar-refractivity contribution in [2.45, 2.75) is 0 Å². The summed E-state index contributed by atoms with van der Waals surface area (Å²) in [5, 5.41) is 8.21. The number of thiophene rings is 1. The number of hydrogen-bond donors (Lipinski definition) is 2. The Morgan fingerprint density at radius 2 is 2.04 bits per heavy atom. The smallest absolute Gasteiger partial charge is 0.259 e. The normalized spacial score (nSPS) is 10.9. The topological polar surface area (TPSA) is 79.8 Å². The van der Waals surface area contributed by atoms with E-state index >= 15 is 0 Å². The molecule has 0 bridgehead atoms. The molecule has 0 aliphatic carbocycles. The molecular weight excluding hydrogens is 326 g/mol. The molecule has 1 aromatic heterocycles. The Balaban J connectivity index is 1.71. The van der Waals surface area contributed by atoms with Crippen LogP contribution in [0.5, 0.6) is 5.75 Å². The van der Waals surface area contributed by atoms with Crippen molar-refractivity contribution in [3.8, 4) is 5.75 Å². The van der Waals surface area contributed by atoms with Crippen LogP contribution < -0.4 is 15.5 Å². The molecule has 2 aromatic rings. The van der Waals surface area contributed by atoms with E-state index in [2.05, 4.69) is 15.8 Å². The summed E-state index contributed by atoms with van der Waals surface area (Å²) in [6.07, 6.45) is 4.57. The van der Waals surface area contributed by atoms with E-state index in [4.69, 9.17) is 4.74 Å². The highest BCUT2D eigenvalue weighted by Gasteiger charge is 2.01. The van der Waals surface area contributed by atoms with Crippen LogP contribution in [0, 0.1) is 0 Å². The molecule has 2 amide bonds. The first-order valence-electron chi connectivity index (χ1n) is 7.13. The van der Waals surface area contributed by atoms with E-state index < -0.39 is 5.91 Å². The number of ether oxygens (including phenoxy) is 1. The minimum atomic E-state index is -0.394. The van der Waals surface area contributed by atoms with Crippen molar-refractivity contribution < 1.29 is 14.3 Å². The molecule has 1 aromatic carbocycles. The van der Waals surface area contributed by atoms with Gasteiger partial charge in [0.2, 0.25) is 5.91 Å². The molecule has 0 fully saturated rings. The molecule has 24 heavy (non-hydrogen) atoms. The molecule has 0 radical (unpaired) electrons. The van der Waals surface area contributed by atoms with Gasteiger partial charge in [0, 0.05) is 11.0 Å². The second-order valence-corrected chi connectivity index (χ2v) is 5.61. The fourth-order valence-corrected chi connectivity index (χ4v) is 2.27. The van der Waals surface area contributed by atoms with Gasteiger partial charge < -0.3 is 10.1 Å². The van der Waals surface area contributed by atoms with Crippen molar-refractivity contribution in [1.29, 1.82) is 0 Å². The van der Waals surface area contributed by atoms with Gasteiger partial charge >= 0.3 is 0 Å². The summed E-state index contributed by atoms with van der Waals surface area (Å²) in [6.45, 7) is -0.145. The summed E-state index contributed by atoms with van der Waals surface area (Å²) in [5.41, 5.74) is 3.20. The zero-order valence-electron chi connectivity index (χ0n) is 13.1. The first-order valence-corrected chi connectivity index (χ1v) is 8.01. The van der Waals surface area contributed by atoms with Crippen molar-refractivity contribution in [3.63, 3.8) is 0 Å². The van der Waals surface area contributed by atoms with Gasteiger partial charge in [-0.25, -0.2) is 5.43 Å². The van der Waals surface area contributed by atoms with Crippen LogP contribution in [0.15, 0.2) is 53.0 Å². The number of rotatable bonds is 7. The summed E-state index contributed by atoms with van der Waals surface area (Å²) in [7, 11) is 1.59. The van der Waals surface area contributed by atoms with Gasteiger partial charge in [0.05, 0.1) is 19.9 Å². The minimum Gasteiger partial charge on any atom is -0.497 e.